The normalized spacial score (nSPS) is 24.6. The van der Waals surface area contributed by atoms with E-state index in [1.807, 2.05) is 29.2 Å². The van der Waals surface area contributed by atoms with Gasteiger partial charge in [-0.15, -0.1) is 0 Å². The van der Waals surface area contributed by atoms with Crippen LogP contribution < -0.4 is 9.64 Å². The first-order valence-electron chi connectivity index (χ1n) is 8.81. The van der Waals surface area contributed by atoms with Crippen LogP contribution in [0.5, 0.6) is 5.75 Å². The van der Waals surface area contributed by atoms with Gasteiger partial charge in [-0.25, -0.2) is 8.42 Å². The van der Waals surface area contributed by atoms with Gasteiger partial charge in [-0.3, -0.25) is 4.79 Å². The molecule has 9 heteroatoms. The van der Waals surface area contributed by atoms with Gasteiger partial charge < -0.3 is 9.64 Å². The van der Waals surface area contributed by atoms with Crippen molar-refractivity contribution < 1.29 is 17.9 Å². The molecule has 2 heterocycles. The summed E-state index contributed by atoms with van der Waals surface area (Å²) >= 11 is 1.29. The summed E-state index contributed by atoms with van der Waals surface area (Å²) in [6, 6.07) is 8.90. The molecule has 0 aliphatic carbocycles. The third-order valence-corrected chi connectivity index (χ3v) is 7.59. The van der Waals surface area contributed by atoms with Crippen LogP contribution in [0, 0.1) is 11.3 Å². The Labute approximate surface area is 163 Å². The van der Waals surface area contributed by atoms with Gasteiger partial charge in [0.05, 0.1) is 30.2 Å². The summed E-state index contributed by atoms with van der Waals surface area (Å²) in [6.45, 7) is 2.69. The second-order valence-electron chi connectivity index (χ2n) is 6.49. The number of nitriles is 1. The van der Waals surface area contributed by atoms with Gasteiger partial charge in [-0.2, -0.15) is 10.3 Å². The summed E-state index contributed by atoms with van der Waals surface area (Å²) in [5, 5.41) is 8.98. The fourth-order valence-corrected chi connectivity index (χ4v) is 7.07. The molecule has 144 valence electrons. The van der Waals surface area contributed by atoms with Crippen molar-refractivity contribution in [3.8, 4) is 11.8 Å². The second kappa shape index (κ2) is 8.31. The number of fused-ring (bicyclic) bond motifs is 1. The quantitative estimate of drug-likeness (QED) is 0.668. The van der Waals surface area contributed by atoms with E-state index in [2.05, 4.69) is 11.9 Å². The molecule has 0 N–H and O–H groups in total. The molecule has 0 unspecified atom stereocenters. The van der Waals surface area contributed by atoms with Gasteiger partial charge in [0.2, 0.25) is 0 Å². The van der Waals surface area contributed by atoms with Crippen LogP contribution in [0.25, 0.3) is 0 Å². The highest BCUT2D eigenvalue weighted by atomic mass is 32.2. The maximum absolute atomic E-state index is 12.1. The standard InChI is InChI=1S/C18H21N3O4S2/c1-2-3-9-25-14-6-4-5-13(10-14)21-15-11-27(23,24)12-16(15)26-18(21)20-17(22)7-8-19/h4-6,10,15-16H,2-3,7,9,11-12H2,1H3/t15-,16+/m1/s1. The van der Waals surface area contributed by atoms with Gasteiger partial charge in [0.25, 0.3) is 5.91 Å². The molecule has 2 atom stereocenters. The van der Waals surface area contributed by atoms with E-state index in [9.17, 15) is 13.2 Å². The average Bonchev–Trinajstić information content (AvgIpc) is 3.06. The Morgan fingerprint density at radius 1 is 1.44 bits per heavy atom. The number of amidine groups is 1. The number of amides is 1. The molecule has 2 saturated heterocycles. The smallest absolute Gasteiger partial charge is 0.262 e. The van der Waals surface area contributed by atoms with Crippen LogP contribution in [0.15, 0.2) is 29.3 Å². The lowest BCUT2D eigenvalue weighted by molar-refractivity contribution is -0.116. The minimum Gasteiger partial charge on any atom is -0.494 e. The number of hydrogen-bond donors (Lipinski definition) is 0. The lowest BCUT2D eigenvalue weighted by Crippen LogP contribution is -2.37. The number of nitrogens with zero attached hydrogens (tertiary/aromatic N) is 3. The molecular formula is C18H21N3O4S2. The highest BCUT2D eigenvalue weighted by molar-refractivity contribution is 8.16. The summed E-state index contributed by atoms with van der Waals surface area (Å²) in [5.41, 5.74) is 0.740. The van der Waals surface area contributed by atoms with E-state index < -0.39 is 15.7 Å². The van der Waals surface area contributed by atoms with E-state index >= 15 is 0 Å². The molecule has 0 spiro atoms. The van der Waals surface area contributed by atoms with Gasteiger partial charge in [0, 0.05) is 17.0 Å². The van der Waals surface area contributed by atoms with Gasteiger partial charge >= 0.3 is 0 Å². The van der Waals surface area contributed by atoms with Crippen molar-refractivity contribution in [2.75, 3.05) is 23.0 Å². The predicted molar refractivity (Wildman–Crippen MR) is 106 cm³/mol. The van der Waals surface area contributed by atoms with E-state index in [0.717, 1.165) is 18.5 Å². The molecule has 2 aliphatic heterocycles. The summed E-state index contributed by atoms with van der Waals surface area (Å²) in [5.74, 6) is 0.259. The maximum Gasteiger partial charge on any atom is 0.262 e. The van der Waals surface area contributed by atoms with E-state index in [4.69, 9.17) is 10.00 Å². The van der Waals surface area contributed by atoms with Gasteiger partial charge in [0.1, 0.15) is 12.2 Å². The Balaban J connectivity index is 1.91. The molecule has 0 radical (unpaired) electrons. The van der Waals surface area contributed by atoms with Crippen LogP contribution in [-0.2, 0) is 14.6 Å². The van der Waals surface area contributed by atoms with Crippen LogP contribution in [0.2, 0.25) is 0 Å². The molecule has 27 heavy (non-hydrogen) atoms. The number of unbranched alkanes of at least 4 members (excludes halogenated alkanes) is 1. The molecule has 2 aliphatic rings. The van der Waals surface area contributed by atoms with Crippen molar-refractivity contribution in [3.63, 3.8) is 0 Å². The number of anilines is 1. The van der Waals surface area contributed by atoms with Crippen LogP contribution in [0.4, 0.5) is 5.69 Å². The van der Waals surface area contributed by atoms with Gasteiger partial charge in [-0.1, -0.05) is 31.2 Å². The van der Waals surface area contributed by atoms with Gasteiger partial charge in [0.15, 0.2) is 15.0 Å². The van der Waals surface area contributed by atoms with E-state index in [1.165, 1.54) is 11.8 Å². The number of aliphatic imine (C=N–C) groups is 1. The number of hydrogen-bond acceptors (Lipinski definition) is 6. The fourth-order valence-electron chi connectivity index (χ4n) is 3.14. The number of sulfone groups is 1. The zero-order chi connectivity index (χ0) is 19.4. The fraction of sp³-hybridized carbons (Fsp3) is 0.500. The monoisotopic (exact) mass is 407 g/mol. The lowest BCUT2D eigenvalue weighted by Gasteiger charge is -2.25. The van der Waals surface area contributed by atoms with E-state index in [0.29, 0.717) is 17.5 Å². The van der Waals surface area contributed by atoms with Crippen molar-refractivity contribution >= 4 is 38.4 Å². The van der Waals surface area contributed by atoms with Crippen molar-refractivity contribution in [2.45, 2.75) is 37.5 Å². The molecule has 0 aromatic heterocycles. The first-order valence-corrected chi connectivity index (χ1v) is 11.5. The molecular weight excluding hydrogens is 386 g/mol. The molecule has 1 aromatic carbocycles. The third-order valence-electron chi connectivity index (χ3n) is 4.38. The predicted octanol–water partition coefficient (Wildman–Crippen LogP) is 2.38. The molecule has 0 saturated carbocycles. The van der Waals surface area contributed by atoms with Crippen molar-refractivity contribution in [2.24, 2.45) is 4.99 Å². The highest BCUT2D eigenvalue weighted by Gasteiger charge is 2.49. The SMILES string of the molecule is CCCCOc1cccc(N2C(=NC(=O)CC#N)S[C@H]3CS(=O)(=O)C[C@H]32)c1. The average molecular weight is 408 g/mol. The van der Waals surface area contributed by atoms with Gasteiger partial charge in [-0.05, 0) is 18.6 Å². The highest BCUT2D eigenvalue weighted by Crippen LogP contribution is 2.41. The summed E-state index contributed by atoms with van der Waals surface area (Å²) in [4.78, 5) is 17.7. The maximum atomic E-state index is 12.1. The Bertz CT molecular complexity index is 892. The number of carbonyl (C=O) groups excluding carboxylic acids is 1. The Kier molecular flexibility index (Phi) is 6.07. The molecule has 1 amide bonds. The first kappa shape index (κ1) is 19.7. The van der Waals surface area contributed by atoms with Crippen molar-refractivity contribution in [3.05, 3.63) is 24.3 Å². The molecule has 3 rings (SSSR count). The van der Waals surface area contributed by atoms with Crippen LogP contribution in [0.1, 0.15) is 26.2 Å². The van der Waals surface area contributed by atoms with Crippen LogP contribution in [-0.4, -0.2) is 48.9 Å². The van der Waals surface area contributed by atoms with E-state index in [1.54, 1.807) is 6.07 Å². The van der Waals surface area contributed by atoms with Crippen molar-refractivity contribution in [1.29, 1.82) is 5.26 Å². The minimum absolute atomic E-state index is 0.0248. The van der Waals surface area contributed by atoms with Crippen molar-refractivity contribution in [1.82, 2.24) is 0 Å². The Hall–Kier alpha value is -2.05. The summed E-state index contributed by atoms with van der Waals surface area (Å²) in [6.07, 6.45) is 1.68. The number of ether oxygens (including phenoxy) is 1. The Morgan fingerprint density at radius 3 is 3.00 bits per heavy atom. The summed E-state index contributed by atoms with van der Waals surface area (Å²) in [7, 11) is -3.12. The molecule has 2 fully saturated rings. The third kappa shape index (κ3) is 4.62. The number of thioether (sulfide) groups is 1. The second-order valence-corrected chi connectivity index (χ2v) is 9.85. The topological polar surface area (TPSA) is 99.8 Å². The molecule has 7 nitrogen and oxygen atoms in total. The number of benzene rings is 1. The summed E-state index contributed by atoms with van der Waals surface area (Å²) < 4.78 is 29.9. The minimum atomic E-state index is -3.12. The first-order chi connectivity index (χ1) is 12.9. The molecule has 1 aromatic rings. The molecule has 0 bridgehead atoms. The number of carbonyl (C=O) groups is 1. The zero-order valence-electron chi connectivity index (χ0n) is 15.0. The number of rotatable bonds is 6. The lowest BCUT2D eigenvalue weighted by atomic mass is 10.2. The Morgan fingerprint density at radius 2 is 2.26 bits per heavy atom. The van der Waals surface area contributed by atoms with Crippen LogP contribution in [0.3, 0.4) is 0 Å². The zero-order valence-corrected chi connectivity index (χ0v) is 16.6. The van der Waals surface area contributed by atoms with Crippen LogP contribution >= 0.6 is 11.8 Å². The largest absolute Gasteiger partial charge is 0.494 e. The van der Waals surface area contributed by atoms with E-state index in [-0.39, 0.29) is 29.2 Å².